The zero-order valence-corrected chi connectivity index (χ0v) is 19.0. The van der Waals surface area contributed by atoms with Crippen molar-refractivity contribution in [2.75, 3.05) is 26.3 Å². The fraction of sp³-hybridized carbons (Fsp3) is 0.762. The molecule has 1 saturated carbocycles. The Hall–Kier alpha value is -0.760. The summed E-state index contributed by atoms with van der Waals surface area (Å²) in [6.45, 7) is 5.72. The van der Waals surface area contributed by atoms with Crippen molar-refractivity contribution in [2.45, 2.75) is 64.3 Å². The van der Waals surface area contributed by atoms with E-state index in [0.29, 0.717) is 12.0 Å². The molecule has 1 aliphatic carbocycles. The second-order valence-electron chi connectivity index (χ2n) is 7.83. The number of hydrogen-bond donors (Lipinski definition) is 2. The molecule has 0 aromatic carbocycles. The van der Waals surface area contributed by atoms with Gasteiger partial charge in [-0.25, -0.2) is 0 Å². The van der Waals surface area contributed by atoms with Crippen molar-refractivity contribution >= 4 is 29.9 Å². The Balaban J connectivity index is 0.00000261. The Kier molecular flexibility index (Phi) is 10.6. The molecule has 27 heavy (non-hydrogen) atoms. The number of nitrogens with one attached hydrogen (secondary N) is 2. The molecule has 1 unspecified atom stereocenters. The highest BCUT2D eigenvalue weighted by Crippen LogP contribution is 2.27. The largest absolute Gasteiger partial charge is 0.469 e. The van der Waals surface area contributed by atoms with Crippen LogP contribution in [0.5, 0.6) is 0 Å². The summed E-state index contributed by atoms with van der Waals surface area (Å²) in [5.41, 5.74) is 0. The molecule has 1 atom stereocenters. The molecule has 2 N–H and O–H groups in total. The van der Waals surface area contributed by atoms with Crippen LogP contribution in [0, 0.1) is 11.8 Å². The minimum atomic E-state index is 0. The van der Waals surface area contributed by atoms with Crippen LogP contribution in [0.2, 0.25) is 0 Å². The minimum absolute atomic E-state index is 0. The number of aliphatic imine (C=N–C) groups is 1. The van der Waals surface area contributed by atoms with Gasteiger partial charge in [-0.2, -0.15) is 0 Å². The molecule has 5 nitrogen and oxygen atoms in total. The van der Waals surface area contributed by atoms with Gasteiger partial charge in [0.25, 0.3) is 0 Å². The van der Waals surface area contributed by atoms with Crippen LogP contribution in [-0.4, -0.2) is 38.3 Å². The van der Waals surface area contributed by atoms with Crippen LogP contribution < -0.4 is 10.6 Å². The maximum Gasteiger partial charge on any atom is 0.191 e. The normalized spacial score (nSPS) is 25.8. The smallest absolute Gasteiger partial charge is 0.191 e. The second-order valence-corrected chi connectivity index (χ2v) is 7.83. The van der Waals surface area contributed by atoms with Gasteiger partial charge in [-0.3, -0.25) is 4.99 Å². The maximum absolute atomic E-state index is 5.48. The Bertz CT molecular complexity index is 522. The predicted octanol–water partition coefficient (Wildman–Crippen LogP) is 4.37. The third kappa shape index (κ3) is 8.02. The van der Waals surface area contributed by atoms with E-state index in [9.17, 15) is 0 Å². The van der Waals surface area contributed by atoms with Gasteiger partial charge in [0.05, 0.1) is 12.9 Å². The van der Waals surface area contributed by atoms with E-state index in [1.54, 1.807) is 6.26 Å². The first-order valence-electron chi connectivity index (χ1n) is 10.5. The average Bonchev–Trinajstić information content (AvgIpc) is 3.35. The van der Waals surface area contributed by atoms with E-state index in [4.69, 9.17) is 14.1 Å². The van der Waals surface area contributed by atoms with Gasteiger partial charge in [-0.1, -0.05) is 19.8 Å². The van der Waals surface area contributed by atoms with Crippen molar-refractivity contribution in [3.05, 3.63) is 24.2 Å². The lowest BCUT2D eigenvalue weighted by atomic mass is 9.83. The zero-order valence-electron chi connectivity index (χ0n) is 16.6. The van der Waals surface area contributed by atoms with Crippen LogP contribution in [0.15, 0.2) is 27.8 Å². The number of rotatable bonds is 8. The Morgan fingerprint density at radius 2 is 2.04 bits per heavy atom. The molecular weight excluding hydrogens is 453 g/mol. The van der Waals surface area contributed by atoms with Gasteiger partial charge >= 0.3 is 0 Å². The Morgan fingerprint density at radius 3 is 2.70 bits per heavy atom. The summed E-state index contributed by atoms with van der Waals surface area (Å²) in [6, 6.07) is 4.52. The summed E-state index contributed by atoms with van der Waals surface area (Å²) in [5, 5.41) is 7.19. The van der Waals surface area contributed by atoms with Crippen LogP contribution in [0.4, 0.5) is 0 Å². The molecular formula is C21H36IN3O2. The Labute approximate surface area is 181 Å². The van der Waals surface area contributed by atoms with Crippen LogP contribution in [0.25, 0.3) is 0 Å². The van der Waals surface area contributed by atoms with Crippen molar-refractivity contribution in [2.24, 2.45) is 16.8 Å². The molecule has 1 aromatic heterocycles. The summed E-state index contributed by atoms with van der Waals surface area (Å²) in [4.78, 5) is 4.86. The minimum Gasteiger partial charge on any atom is -0.469 e. The van der Waals surface area contributed by atoms with Crippen molar-refractivity contribution in [3.8, 4) is 0 Å². The number of halogens is 1. The van der Waals surface area contributed by atoms with Crippen molar-refractivity contribution < 1.29 is 9.15 Å². The third-order valence-electron chi connectivity index (χ3n) is 5.66. The van der Waals surface area contributed by atoms with Gasteiger partial charge in [0.2, 0.25) is 0 Å². The predicted molar refractivity (Wildman–Crippen MR) is 121 cm³/mol. The molecule has 0 radical (unpaired) electrons. The highest BCUT2D eigenvalue weighted by Gasteiger charge is 2.22. The molecule has 2 heterocycles. The van der Waals surface area contributed by atoms with Crippen LogP contribution in [-0.2, 0) is 11.2 Å². The summed E-state index contributed by atoms with van der Waals surface area (Å²) < 4.78 is 10.9. The lowest BCUT2D eigenvalue weighted by molar-refractivity contribution is 0.187. The molecule has 2 aliphatic rings. The van der Waals surface area contributed by atoms with Crippen LogP contribution >= 0.6 is 24.0 Å². The lowest BCUT2D eigenvalue weighted by Gasteiger charge is -2.30. The van der Waals surface area contributed by atoms with E-state index < -0.39 is 0 Å². The van der Waals surface area contributed by atoms with E-state index >= 15 is 0 Å². The van der Waals surface area contributed by atoms with E-state index in [0.717, 1.165) is 56.8 Å². The maximum atomic E-state index is 5.48. The monoisotopic (exact) mass is 489 g/mol. The highest BCUT2D eigenvalue weighted by molar-refractivity contribution is 14.0. The number of furan rings is 1. The van der Waals surface area contributed by atoms with Crippen LogP contribution in [0.1, 0.15) is 57.6 Å². The number of hydrogen-bond acceptors (Lipinski definition) is 3. The zero-order chi connectivity index (χ0) is 18.0. The first kappa shape index (κ1) is 22.5. The topological polar surface area (TPSA) is 58.8 Å². The molecule has 3 rings (SSSR count). The SMILES string of the molecule is CCCC1CCC(NC(=NCC2CCOC2)NCCc2ccco2)CC1.I. The first-order chi connectivity index (χ1) is 12.8. The van der Waals surface area contributed by atoms with Crippen molar-refractivity contribution in [1.82, 2.24) is 10.6 Å². The molecule has 154 valence electrons. The van der Waals surface area contributed by atoms with Gasteiger partial charge in [0, 0.05) is 38.1 Å². The van der Waals surface area contributed by atoms with Crippen molar-refractivity contribution in [1.29, 1.82) is 0 Å². The standard InChI is InChI=1S/C21H35N3O2.HI/c1-2-4-17-6-8-19(9-7-17)24-21(23-15-18-11-14-25-16-18)22-12-10-20-5-3-13-26-20;/h3,5,13,17-19H,2,4,6-12,14-16H2,1H3,(H2,22,23,24);1H. The van der Waals surface area contributed by atoms with E-state index in [1.165, 1.54) is 38.5 Å². The molecule has 0 spiro atoms. The van der Waals surface area contributed by atoms with E-state index in [1.807, 2.05) is 12.1 Å². The van der Waals surface area contributed by atoms with Crippen molar-refractivity contribution in [3.63, 3.8) is 0 Å². The second kappa shape index (κ2) is 12.6. The Morgan fingerprint density at radius 1 is 1.19 bits per heavy atom. The van der Waals surface area contributed by atoms with E-state index in [2.05, 4.69) is 17.6 Å². The number of guanidine groups is 1. The summed E-state index contributed by atoms with van der Waals surface area (Å²) in [7, 11) is 0. The molecule has 2 fully saturated rings. The van der Waals surface area contributed by atoms with E-state index in [-0.39, 0.29) is 24.0 Å². The summed E-state index contributed by atoms with van der Waals surface area (Å²) in [6.07, 6.45) is 11.7. The number of nitrogens with zero attached hydrogens (tertiary/aromatic N) is 1. The average molecular weight is 489 g/mol. The first-order valence-corrected chi connectivity index (χ1v) is 10.5. The van der Waals surface area contributed by atoms with Gasteiger partial charge in [0.1, 0.15) is 5.76 Å². The highest BCUT2D eigenvalue weighted by atomic mass is 127. The quantitative estimate of drug-likeness (QED) is 0.324. The fourth-order valence-electron chi connectivity index (χ4n) is 4.06. The van der Waals surface area contributed by atoms with Gasteiger partial charge in [-0.05, 0) is 50.2 Å². The number of ether oxygens (including phenoxy) is 1. The molecule has 6 heteroatoms. The molecule has 1 saturated heterocycles. The van der Waals surface area contributed by atoms with Crippen LogP contribution in [0.3, 0.4) is 0 Å². The molecule has 1 aliphatic heterocycles. The van der Waals surface area contributed by atoms with Gasteiger partial charge in [-0.15, -0.1) is 24.0 Å². The molecule has 1 aromatic rings. The van der Waals surface area contributed by atoms with Gasteiger partial charge in [0.15, 0.2) is 5.96 Å². The lowest BCUT2D eigenvalue weighted by Crippen LogP contribution is -2.45. The van der Waals surface area contributed by atoms with Gasteiger partial charge < -0.3 is 19.8 Å². The summed E-state index contributed by atoms with van der Waals surface area (Å²) >= 11 is 0. The molecule has 0 bridgehead atoms. The fourth-order valence-corrected chi connectivity index (χ4v) is 4.06. The molecule has 0 amide bonds. The third-order valence-corrected chi connectivity index (χ3v) is 5.66. The summed E-state index contributed by atoms with van der Waals surface area (Å²) in [5.74, 6) is 3.48.